The predicted molar refractivity (Wildman–Crippen MR) is 43.3 cm³/mol. The van der Waals surface area contributed by atoms with E-state index >= 15 is 0 Å². The van der Waals surface area contributed by atoms with Crippen LogP contribution in [-0.4, -0.2) is 5.43 Å². The summed E-state index contributed by atoms with van der Waals surface area (Å²) in [6.45, 7) is 0. The van der Waals surface area contributed by atoms with Gasteiger partial charge in [-0.1, -0.05) is 17.7 Å². The van der Waals surface area contributed by atoms with Crippen molar-refractivity contribution in [2.45, 2.75) is 0 Å². The molecule has 1 rings (SSSR count). The van der Waals surface area contributed by atoms with Crippen molar-refractivity contribution in [3.05, 3.63) is 29.0 Å². The van der Waals surface area contributed by atoms with Gasteiger partial charge in [0.05, 0.1) is 5.02 Å². The first-order valence-corrected chi connectivity index (χ1v) is 3.68. The zero-order valence-electron chi connectivity index (χ0n) is 5.68. The fourth-order valence-corrected chi connectivity index (χ4v) is 0.939. The summed E-state index contributed by atoms with van der Waals surface area (Å²) in [6.07, 6.45) is 0. The molecule has 0 bridgehead atoms. The van der Waals surface area contributed by atoms with Crippen LogP contribution in [0.1, 0.15) is 0 Å². The number of hydrogen-bond acceptors (Lipinski definition) is 2. The molecule has 5 heteroatoms. The topological polar surface area (TPSA) is 26.3 Å². The summed E-state index contributed by atoms with van der Waals surface area (Å²) in [5.74, 6) is -1.07. The van der Waals surface area contributed by atoms with Crippen molar-refractivity contribution < 1.29 is 13.9 Å². The first-order valence-electron chi connectivity index (χ1n) is 2.92. The van der Waals surface area contributed by atoms with Crippen molar-refractivity contribution in [3.8, 4) is 5.75 Å². The third-order valence-electron chi connectivity index (χ3n) is 1.10. The maximum absolute atomic E-state index is 12.8. The molecule has 2 nitrogen and oxygen atoms in total. The minimum absolute atomic E-state index is 0.00370. The summed E-state index contributed by atoms with van der Waals surface area (Å²) in [4.78, 5) is 10.2. The number of hydrogen-bond donors (Lipinski definition) is 0. The van der Waals surface area contributed by atoms with Gasteiger partial charge >= 0.3 is 5.43 Å². The van der Waals surface area contributed by atoms with Gasteiger partial charge in [-0.3, -0.25) is 0 Å². The molecule has 0 saturated heterocycles. The smallest absolute Gasteiger partial charge is 0.409 e. The van der Waals surface area contributed by atoms with Crippen molar-refractivity contribution in [1.82, 2.24) is 0 Å². The van der Waals surface area contributed by atoms with Gasteiger partial charge in [-0.05, 0) is 12.1 Å². The maximum atomic E-state index is 12.8. The first-order chi connectivity index (χ1) is 5.61. The van der Waals surface area contributed by atoms with E-state index in [-0.39, 0.29) is 10.8 Å². The molecule has 0 heterocycles. The average molecular weight is 209 g/mol. The molecule has 0 aliphatic heterocycles. The van der Waals surface area contributed by atoms with Crippen molar-refractivity contribution in [2.75, 3.05) is 0 Å². The van der Waals surface area contributed by atoms with E-state index in [9.17, 15) is 9.18 Å². The highest BCUT2D eigenvalue weighted by molar-refractivity contribution is 6.61. The highest BCUT2D eigenvalue weighted by Crippen LogP contribution is 2.27. The number of carbonyl (C=O) groups is 1. The molecular formula is C7H3Cl2FO2. The average Bonchev–Trinajstić information content (AvgIpc) is 1.97. The summed E-state index contributed by atoms with van der Waals surface area (Å²) in [5.41, 5.74) is -1.12. The van der Waals surface area contributed by atoms with Crippen LogP contribution in [-0.2, 0) is 0 Å². The van der Waals surface area contributed by atoms with E-state index in [1.165, 1.54) is 12.1 Å². The lowest BCUT2D eigenvalue weighted by Crippen LogP contribution is -1.98. The van der Waals surface area contributed by atoms with E-state index in [2.05, 4.69) is 4.74 Å². The maximum Gasteiger partial charge on any atom is 0.409 e. The normalized spacial score (nSPS) is 9.58. The Labute approximate surface area is 77.8 Å². The molecule has 1 aromatic carbocycles. The molecule has 0 aliphatic rings. The van der Waals surface area contributed by atoms with E-state index in [1.54, 1.807) is 0 Å². The van der Waals surface area contributed by atoms with Gasteiger partial charge in [0, 0.05) is 11.6 Å². The molecule has 0 unspecified atom stereocenters. The zero-order chi connectivity index (χ0) is 9.14. The second-order valence-corrected chi connectivity index (χ2v) is 2.61. The van der Waals surface area contributed by atoms with Crippen molar-refractivity contribution >= 4 is 28.6 Å². The largest absolute Gasteiger partial charge is 0.410 e. The summed E-state index contributed by atoms with van der Waals surface area (Å²) in [7, 11) is 0. The number of carbonyl (C=O) groups excluding carboxylic acids is 1. The monoisotopic (exact) mass is 208 g/mol. The quantitative estimate of drug-likeness (QED) is 0.663. The van der Waals surface area contributed by atoms with Crippen molar-refractivity contribution in [1.29, 1.82) is 0 Å². The number of para-hydroxylation sites is 1. The summed E-state index contributed by atoms with van der Waals surface area (Å²) >= 11 is 10.4. The van der Waals surface area contributed by atoms with Gasteiger partial charge < -0.3 is 4.74 Å². The number of halogens is 3. The second-order valence-electron chi connectivity index (χ2n) is 1.89. The first kappa shape index (κ1) is 9.29. The molecule has 1 aromatic rings. The number of ether oxygens (including phenoxy) is 1. The lowest BCUT2D eigenvalue weighted by atomic mass is 10.3. The van der Waals surface area contributed by atoms with E-state index < -0.39 is 11.2 Å². The molecule has 0 radical (unpaired) electrons. The van der Waals surface area contributed by atoms with Crippen LogP contribution in [0.15, 0.2) is 18.2 Å². The van der Waals surface area contributed by atoms with Crippen LogP contribution in [0.2, 0.25) is 5.02 Å². The SMILES string of the molecule is O=C(Cl)Oc1c(F)cccc1Cl. The summed E-state index contributed by atoms with van der Waals surface area (Å²) < 4.78 is 17.1. The van der Waals surface area contributed by atoms with Gasteiger partial charge in [-0.25, -0.2) is 9.18 Å². The lowest BCUT2D eigenvalue weighted by Gasteiger charge is -2.02. The van der Waals surface area contributed by atoms with Crippen molar-refractivity contribution in [2.24, 2.45) is 0 Å². The molecule has 12 heavy (non-hydrogen) atoms. The Morgan fingerprint density at radius 3 is 2.67 bits per heavy atom. The minimum Gasteiger partial charge on any atom is -0.410 e. The molecule has 0 saturated carbocycles. The van der Waals surface area contributed by atoms with Gasteiger partial charge in [-0.2, -0.15) is 0 Å². The van der Waals surface area contributed by atoms with Gasteiger partial charge in [0.25, 0.3) is 0 Å². The third-order valence-corrected chi connectivity index (χ3v) is 1.48. The Balaban J connectivity index is 3.04. The molecule has 0 aliphatic carbocycles. The van der Waals surface area contributed by atoms with Crippen LogP contribution in [0, 0.1) is 5.82 Å². The molecule has 64 valence electrons. The van der Waals surface area contributed by atoms with Gasteiger partial charge in [0.1, 0.15) is 0 Å². The van der Waals surface area contributed by atoms with E-state index in [0.29, 0.717) is 0 Å². The number of benzene rings is 1. The van der Waals surface area contributed by atoms with E-state index in [4.69, 9.17) is 23.2 Å². The van der Waals surface area contributed by atoms with Gasteiger partial charge in [0.2, 0.25) is 0 Å². The lowest BCUT2D eigenvalue weighted by molar-refractivity contribution is 0.223. The molecule has 0 spiro atoms. The summed E-state index contributed by atoms with van der Waals surface area (Å²) in [6, 6.07) is 3.89. The Hall–Kier alpha value is -0.800. The van der Waals surface area contributed by atoms with Crippen LogP contribution in [0.3, 0.4) is 0 Å². The fraction of sp³-hybridized carbons (Fsp3) is 0. The van der Waals surface area contributed by atoms with Crippen LogP contribution in [0.5, 0.6) is 5.75 Å². The van der Waals surface area contributed by atoms with Gasteiger partial charge in [-0.15, -0.1) is 0 Å². The molecule has 0 atom stereocenters. The van der Waals surface area contributed by atoms with Gasteiger partial charge in [0.15, 0.2) is 11.6 Å². The molecule has 0 fully saturated rings. The highest BCUT2D eigenvalue weighted by Gasteiger charge is 2.10. The highest BCUT2D eigenvalue weighted by atomic mass is 35.5. The Morgan fingerprint density at radius 2 is 2.17 bits per heavy atom. The predicted octanol–water partition coefficient (Wildman–Crippen LogP) is 3.22. The Kier molecular flexibility index (Phi) is 2.89. The minimum atomic E-state index is -1.12. The molecule has 0 amide bonds. The second kappa shape index (κ2) is 3.74. The van der Waals surface area contributed by atoms with Crippen LogP contribution in [0.4, 0.5) is 9.18 Å². The Morgan fingerprint density at radius 1 is 1.50 bits per heavy atom. The molecule has 0 N–H and O–H groups in total. The standard InChI is InChI=1S/C7H3Cl2FO2/c8-4-2-1-3-5(10)6(4)12-7(9)11/h1-3H. The van der Waals surface area contributed by atoms with Crippen LogP contribution in [0.25, 0.3) is 0 Å². The third kappa shape index (κ3) is 2.09. The summed E-state index contributed by atoms with van der Waals surface area (Å²) in [5, 5.41) is 0.00370. The molecular weight excluding hydrogens is 206 g/mol. The zero-order valence-corrected chi connectivity index (χ0v) is 7.19. The van der Waals surface area contributed by atoms with E-state index in [1.807, 2.05) is 0 Å². The molecule has 0 aromatic heterocycles. The van der Waals surface area contributed by atoms with Crippen molar-refractivity contribution in [3.63, 3.8) is 0 Å². The Bertz CT molecular complexity index is 294. The van der Waals surface area contributed by atoms with Crippen LogP contribution >= 0.6 is 23.2 Å². The fourth-order valence-electron chi connectivity index (χ4n) is 0.660. The number of rotatable bonds is 1. The van der Waals surface area contributed by atoms with E-state index in [0.717, 1.165) is 6.07 Å². The van der Waals surface area contributed by atoms with Crippen LogP contribution < -0.4 is 4.74 Å².